The fourth-order valence-electron chi connectivity index (χ4n) is 2.49. The summed E-state index contributed by atoms with van der Waals surface area (Å²) in [5.74, 6) is 0.118. The highest BCUT2D eigenvalue weighted by molar-refractivity contribution is 5.94. The van der Waals surface area contributed by atoms with Crippen molar-refractivity contribution in [3.63, 3.8) is 0 Å². The molecule has 4 heteroatoms. The van der Waals surface area contributed by atoms with Gasteiger partial charge in [-0.1, -0.05) is 24.3 Å². The maximum absolute atomic E-state index is 7.36. The van der Waals surface area contributed by atoms with Gasteiger partial charge in [0.15, 0.2) is 0 Å². The third-order valence-corrected chi connectivity index (χ3v) is 3.60. The summed E-state index contributed by atoms with van der Waals surface area (Å²) in [4.78, 5) is 2.33. The van der Waals surface area contributed by atoms with Crippen molar-refractivity contribution in [2.45, 2.75) is 32.0 Å². The molecule has 3 N–H and O–H groups in total. The van der Waals surface area contributed by atoms with Gasteiger partial charge in [0, 0.05) is 24.8 Å². The molecule has 2 atom stereocenters. The highest BCUT2D eigenvalue weighted by Gasteiger charge is 2.27. The molecule has 18 heavy (non-hydrogen) atoms. The fraction of sp³-hybridized carbons (Fsp3) is 0.500. The molecule has 1 fully saturated rings. The first-order valence-corrected chi connectivity index (χ1v) is 6.33. The van der Waals surface area contributed by atoms with Crippen molar-refractivity contribution < 1.29 is 4.74 Å². The Morgan fingerprint density at radius 3 is 2.61 bits per heavy atom. The Hall–Kier alpha value is -1.39. The van der Waals surface area contributed by atoms with Gasteiger partial charge in [-0.25, -0.2) is 0 Å². The van der Waals surface area contributed by atoms with Gasteiger partial charge in [-0.3, -0.25) is 10.3 Å². The van der Waals surface area contributed by atoms with E-state index in [1.165, 1.54) is 5.56 Å². The van der Waals surface area contributed by atoms with E-state index in [4.69, 9.17) is 15.9 Å². The zero-order chi connectivity index (χ0) is 13.1. The summed E-state index contributed by atoms with van der Waals surface area (Å²) in [6, 6.07) is 8.37. The lowest BCUT2D eigenvalue weighted by atomic mass is 10.1. The molecule has 2 rings (SSSR count). The predicted molar refractivity (Wildman–Crippen MR) is 72.7 cm³/mol. The number of nitrogen functional groups attached to an aromatic ring is 1. The molecule has 0 saturated carbocycles. The van der Waals surface area contributed by atoms with Crippen molar-refractivity contribution in [1.82, 2.24) is 4.90 Å². The number of nitrogens with zero attached hydrogens (tertiary/aromatic N) is 1. The first kappa shape index (κ1) is 13.1. The van der Waals surface area contributed by atoms with E-state index >= 15 is 0 Å². The SMILES string of the molecule is CC1OCCC1N(C)Cc1ccc(C(=N)N)cc1. The largest absolute Gasteiger partial charge is 0.384 e. The maximum Gasteiger partial charge on any atom is 0.122 e. The van der Waals surface area contributed by atoms with Crippen molar-refractivity contribution in [1.29, 1.82) is 5.41 Å². The van der Waals surface area contributed by atoms with E-state index in [0.717, 1.165) is 25.1 Å². The smallest absolute Gasteiger partial charge is 0.122 e. The van der Waals surface area contributed by atoms with E-state index in [1.54, 1.807) is 0 Å². The molecule has 4 nitrogen and oxygen atoms in total. The zero-order valence-electron chi connectivity index (χ0n) is 11.0. The molecule has 1 saturated heterocycles. The zero-order valence-corrected chi connectivity index (χ0v) is 11.0. The summed E-state index contributed by atoms with van der Waals surface area (Å²) < 4.78 is 5.59. The monoisotopic (exact) mass is 247 g/mol. The van der Waals surface area contributed by atoms with Gasteiger partial charge in [0.05, 0.1) is 6.10 Å². The molecule has 0 bridgehead atoms. The summed E-state index contributed by atoms with van der Waals surface area (Å²) in [7, 11) is 2.13. The molecule has 0 aliphatic carbocycles. The maximum atomic E-state index is 7.36. The van der Waals surface area contributed by atoms with Crippen LogP contribution < -0.4 is 5.73 Å². The van der Waals surface area contributed by atoms with Gasteiger partial charge >= 0.3 is 0 Å². The van der Waals surface area contributed by atoms with Crippen LogP contribution in [0, 0.1) is 5.41 Å². The Morgan fingerprint density at radius 2 is 2.11 bits per heavy atom. The lowest BCUT2D eigenvalue weighted by Crippen LogP contribution is -2.36. The van der Waals surface area contributed by atoms with Crippen LogP contribution in [0.3, 0.4) is 0 Å². The van der Waals surface area contributed by atoms with Crippen LogP contribution in [-0.2, 0) is 11.3 Å². The van der Waals surface area contributed by atoms with Crippen LogP contribution in [0.2, 0.25) is 0 Å². The van der Waals surface area contributed by atoms with Crippen LogP contribution in [0.15, 0.2) is 24.3 Å². The Balaban J connectivity index is 1.98. The summed E-state index contributed by atoms with van der Waals surface area (Å²) in [6.07, 6.45) is 1.41. The second kappa shape index (κ2) is 5.50. The fourth-order valence-corrected chi connectivity index (χ4v) is 2.49. The quantitative estimate of drug-likeness (QED) is 0.627. The summed E-state index contributed by atoms with van der Waals surface area (Å²) in [5, 5.41) is 7.36. The molecule has 0 aromatic heterocycles. The van der Waals surface area contributed by atoms with Gasteiger partial charge in [0.2, 0.25) is 0 Å². The second-order valence-corrected chi connectivity index (χ2v) is 4.96. The van der Waals surface area contributed by atoms with E-state index in [1.807, 2.05) is 24.3 Å². The van der Waals surface area contributed by atoms with Crippen LogP contribution in [0.1, 0.15) is 24.5 Å². The number of benzene rings is 1. The van der Waals surface area contributed by atoms with Crippen LogP contribution in [0.25, 0.3) is 0 Å². The molecule has 98 valence electrons. The molecule has 1 aromatic carbocycles. The Labute approximate surface area is 108 Å². The third-order valence-electron chi connectivity index (χ3n) is 3.60. The molecule has 1 aliphatic rings. The predicted octanol–water partition coefficient (Wildman–Crippen LogP) is 1.58. The Bertz CT molecular complexity index is 416. The van der Waals surface area contributed by atoms with Crippen LogP contribution in [0.4, 0.5) is 0 Å². The van der Waals surface area contributed by atoms with Crippen molar-refractivity contribution in [2.24, 2.45) is 5.73 Å². The minimum atomic E-state index is 0.118. The van der Waals surface area contributed by atoms with E-state index in [-0.39, 0.29) is 5.84 Å². The molecule has 0 spiro atoms. The van der Waals surface area contributed by atoms with Gasteiger partial charge in [0.1, 0.15) is 5.84 Å². The van der Waals surface area contributed by atoms with Crippen molar-refractivity contribution in [3.05, 3.63) is 35.4 Å². The molecule has 1 aromatic rings. The minimum absolute atomic E-state index is 0.118. The number of nitrogens with two attached hydrogens (primary N) is 1. The van der Waals surface area contributed by atoms with E-state index in [9.17, 15) is 0 Å². The van der Waals surface area contributed by atoms with Crippen molar-refractivity contribution in [3.8, 4) is 0 Å². The third kappa shape index (κ3) is 2.89. The number of ether oxygens (including phenoxy) is 1. The number of nitrogens with one attached hydrogen (secondary N) is 1. The van der Waals surface area contributed by atoms with Gasteiger partial charge in [0.25, 0.3) is 0 Å². The molecule has 1 aliphatic heterocycles. The topological polar surface area (TPSA) is 62.3 Å². The molecular formula is C14H21N3O. The first-order valence-electron chi connectivity index (χ1n) is 6.33. The number of amidine groups is 1. The lowest BCUT2D eigenvalue weighted by molar-refractivity contribution is 0.0814. The normalized spacial score (nSPS) is 23.5. The molecular weight excluding hydrogens is 226 g/mol. The summed E-state index contributed by atoms with van der Waals surface area (Å²) in [6.45, 7) is 3.89. The van der Waals surface area contributed by atoms with Gasteiger partial charge in [-0.05, 0) is 26.0 Å². The van der Waals surface area contributed by atoms with Crippen LogP contribution in [-0.4, -0.2) is 36.5 Å². The highest BCUT2D eigenvalue weighted by atomic mass is 16.5. The summed E-state index contributed by atoms with van der Waals surface area (Å²) >= 11 is 0. The van der Waals surface area contributed by atoms with E-state index in [2.05, 4.69) is 18.9 Å². The standard InChI is InChI=1S/C14H21N3O/c1-10-13(7-8-18-10)17(2)9-11-3-5-12(6-4-11)14(15)16/h3-6,10,13H,7-9H2,1-2H3,(H3,15,16). The molecule has 2 unspecified atom stereocenters. The summed E-state index contributed by atoms with van der Waals surface area (Å²) in [5.41, 5.74) is 7.45. The van der Waals surface area contributed by atoms with Gasteiger partial charge < -0.3 is 10.5 Å². The van der Waals surface area contributed by atoms with Crippen LogP contribution in [0.5, 0.6) is 0 Å². The van der Waals surface area contributed by atoms with E-state index in [0.29, 0.717) is 12.1 Å². The lowest BCUT2D eigenvalue weighted by Gasteiger charge is -2.26. The average molecular weight is 247 g/mol. The Morgan fingerprint density at radius 1 is 1.44 bits per heavy atom. The van der Waals surface area contributed by atoms with Crippen molar-refractivity contribution >= 4 is 5.84 Å². The number of rotatable bonds is 4. The molecule has 1 heterocycles. The number of hydrogen-bond acceptors (Lipinski definition) is 3. The highest BCUT2D eigenvalue weighted by Crippen LogP contribution is 2.20. The minimum Gasteiger partial charge on any atom is -0.384 e. The molecule has 0 radical (unpaired) electrons. The van der Waals surface area contributed by atoms with Crippen molar-refractivity contribution in [2.75, 3.05) is 13.7 Å². The van der Waals surface area contributed by atoms with Crippen LogP contribution >= 0.6 is 0 Å². The average Bonchev–Trinajstić information content (AvgIpc) is 2.76. The molecule has 0 amide bonds. The van der Waals surface area contributed by atoms with Gasteiger partial charge in [-0.15, -0.1) is 0 Å². The number of likely N-dealkylation sites (N-methyl/N-ethyl adjacent to an activating group) is 1. The number of hydrogen-bond donors (Lipinski definition) is 2. The second-order valence-electron chi connectivity index (χ2n) is 4.96. The Kier molecular flexibility index (Phi) is 3.99. The van der Waals surface area contributed by atoms with E-state index < -0.39 is 0 Å². The van der Waals surface area contributed by atoms with Gasteiger partial charge in [-0.2, -0.15) is 0 Å². The first-order chi connectivity index (χ1) is 8.58.